The van der Waals surface area contributed by atoms with Crippen LogP contribution >= 0.6 is 23.4 Å². The normalized spacial score (nSPS) is 13.3. The summed E-state index contributed by atoms with van der Waals surface area (Å²) in [6.07, 6.45) is 1.02. The average Bonchev–Trinajstić information content (AvgIpc) is 2.92. The summed E-state index contributed by atoms with van der Waals surface area (Å²) in [6.45, 7) is 2.97. The lowest BCUT2D eigenvalue weighted by Gasteiger charge is -2.11. The molecular weight excluding hydrogens is 309 g/mol. The lowest BCUT2D eigenvalue weighted by Crippen LogP contribution is -2.08. The average molecular weight is 324 g/mol. The second-order valence-corrected chi connectivity index (χ2v) is 6.32. The molecule has 0 saturated heterocycles. The SMILES string of the molecule is CCCNc1nc(-c2cc(F)cc(Cl)c2)nc2c1CSC2. The number of halogens is 2. The van der Waals surface area contributed by atoms with E-state index in [-0.39, 0.29) is 5.82 Å². The molecule has 3 rings (SSSR count). The maximum Gasteiger partial charge on any atom is 0.161 e. The van der Waals surface area contributed by atoms with Gasteiger partial charge in [-0.15, -0.1) is 0 Å². The van der Waals surface area contributed by atoms with Crippen LogP contribution in [0.4, 0.5) is 10.2 Å². The fourth-order valence-electron chi connectivity index (χ4n) is 2.25. The van der Waals surface area contributed by atoms with Crippen molar-refractivity contribution in [2.24, 2.45) is 0 Å². The van der Waals surface area contributed by atoms with Gasteiger partial charge in [0.05, 0.1) is 5.69 Å². The molecule has 0 saturated carbocycles. The third-order valence-corrected chi connectivity index (χ3v) is 4.43. The van der Waals surface area contributed by atoms with Crippen LogP contribution in [0, 0.1) is 5.82 Å². The fourth-order valence-corrected chi connectivity index (χ4v) is 3.52. The van der Waals surface area contributed by atoms with Gasteiger partial charge in [-0.3, -0.25) is 0 Å². The minimum Gasteiger partial charge on any atom is -0.370 e. The third-order valence-electron chi connectivity index (χ3n) is 3.24. The van der Waals surface area contributed by atoms with Crippen molar-refractivity contribution in [2.45, 2.75) is 24.9 Å². The van der Waals surface area contributed by atoms with Crippen LogP contribution in [0.1, 0.15) is 24.6 Å². The molecule has 21 heavy (non-hydrogen) atoms. The van der Waals surface area contributed by atoms with Gasteiger partial charge < -0.3 is 5.32 Å². The van der Waals surface area contributed by atoms with Crippen molar-refractivity contribution in [3.63, 3.8) is 0 Å². The Morgan fingerprint density at radius 3 is 2.90 bits per heavy atom. The van der Waals surface area contributed by atoms with Crippen LogP contribution in [0.2, 0.25) is 5.02 Å². The number of hydrogen-bond acceptors (Lipinski definition) is 4. The first-order valence-corrected chi connectivity index (χ1v) is 8.38. The Morgan fingerprint density at radius 2 is 2.14 bits per heavy atom. The van der Waals surface area contributed by atoms with E-state index in [0.717, 1.165) is 36.0 Å². The highest BCUT2D eigenvalue weighted by Crippen LogP contribution is 2.34. The molecule has 110 valence electrons. The van der Waals surface area contributed by atoms with E-state index in [1.165, 1.54) is 17.7 Å². The summed E-state index contributed by atoms with van der Waals surface area (Å²) < 4.78 is 13.5. The Bertz CT molecular complexity index is 658. The van der Waals surface area contributed by atoms with Crippen molar-refractivity contribution in [2.75, 3.05) is 11.9 Å². The molecule has 0 unspecified atom stereocenters. The molecule has 0 atom stereocenters. The van der Waals surface area contributed by atoms with Crippen LogP contribution in [0.15, 0.2) is 18.2 Å². The molecule has 3 nitrogen and oxygen atoms in total. The summed E-state index contributed by atoms with van der Waals surface area (Å²) in [5.41, 5.74) is 2.81. The number of nitrogens with one attached hydrogen (secondary N) is 1. The molecule has 1 aliphatic rings. The maximum atomic E-state index is 13.5. The number of hydrogen-bond donors (Lipinski definition) is 1. The number of thioether (sulfide) groups is 1. The molecular formula is C15H15ClFN3S. The first-order valence-electron chi connectivity index (χ1n) is 6.85. The number of nitrogens with zero attached hydrogens (tertiary/aromatic N) is 2. The summed E-state index contributed by atoms with van der Waals surface area (Å²) in [6, 6.07) is 4.39. The Hall–Kier alpha value is -1.33. The van der Waals surface area contributed by atoms with Crippen LogP contribution in [-0.2, 0) is 11.5 Å². The van der Waals surface area contributed by atoms with E-state index in [9.17, 15) is 4.39 Å². The second kappa shape index (κ2) is 6.20. The second-order valence-electron chi connectivity index (χ2n) is 4.90. The molecule has 0 aliphatic carbocycles. The highest BCUT2D eigenvalue weighted by Gasteiger charge is 2.20. The van der Waals surface area contributed by atoms with Gasteiger partial charge in [-0.2, -0.15) is 11.8 Å². The molecule has 6 heteroatoms. The first kappa shape index (κ1) is 14.6. The molecule has 0 fully saturated rings. The summed E-state index contributed by atoms with van der Waals surface area (Å²) in [4.78, 5) is 9.15. The largest absolute Gasteiger partial charge is 0.370 e. The van der Waals surface area contributed by atoms with Crippen molar-refractivity contribution in [1.82, 2.24) is 9.97 Å². The number of fused-ring (bicyclic) bond motifs is 1. The number of rotatable bonds is 4. The molecule has 0 bridgehead atoms. The maximum absolute atomic E-state index is 13.5. The van der Waals surface area contributed by atoms with Crippen LogP contribution in [0.3, 0.4) is 0 Å². The molecule has 1 aromatic carbocycles. The van der Waals surface area contributed by atoms with Gasteiger partial charge in [0, 0.05) is 34.2 Å². The van der Waals surface area contributed by atoms with Crippen LogP contribution in [0.5, 0.6) is 0 Å². The molecule has 1 aliphatic heterocycles. The minimum absolute atomic E-state index is 0.353. The van der Waals surface area contributed by atoms with E-state index in [2.05, 4.69) is 22.2 Å². The Kier molecular flexibility index (Phi) is 4.31. The van der Waals surface area contributed by atoms with Crippen LogP contribution in [0.25, 0.3) is 11.4 Å². The van der Waals surface area contributed by atoms with Crippen LogP contribution < -0.4 is 5.32 Å². The van der Waals surface area contributed by atoms with Gasteiger partial charge in [0.25, 0.3) is 0 Å². The van der Waals surface area contributed by atoms with Gasteiger partial charge in [-0.25, -0.2) is 14.4 Å². The zero-order valence-corrected chi connectivity index (χ0v) is 13.2. The molecule has 0 spiro atoms. The Labute approximate surface area is 132 Å². The predicted molar refractivity (Wildman–Crippen MR) is 86.2 cm³/mol. The van der Waals surface area contributed by atoms with E-state index >= 15 is 0 Å². The Morgan fingerprint density at radius 1 is 1.29 bits per heavy atom. The smallest absolute Gasteiger partial charge is 0.161 e. The topological polar surface area (TPSA) is 37.8 Å². The van der Waals surface area contributed by atoms with E-state index in [0.29, 0.717) is 16.4 Å². The molecule has 0 amide bonds. The third kappa shape index (κ3) is 3.14. The lowest BCUT2D eigenvalue weighted by molar-refractivity contribution is 0.628. The zero-order valence-electron chi connectivity index (χ0n) is 11.6. The van der Waals surface area contributed by atoms with Crippen molar-refractivity contribution < 1.29 is 4.39 Å². The van der Waals surface area contributed by atoms with E-state index < -0.39 is 0 Å². The van der Waals surface area contributed by atoms with Gasteiger partial charge >= 0.3 is 0 Å². The fraction of sp³-hybridized carbons (Fsp3) is 0.333. The quantitative estimate of drug-likeness (QED) is 0.898. The van der Waals surface area contributed by atoms with Crippen molar-refractivity contribution in [3.05, 3.63) is 40.3 Å². The van der Waals surface area contributed by atoms with E-state index in [1.807, 2.05) is 11.8 Å². The van der Waals surface area contributed by atoms with Gasteiger partial charge in [0.1, 0.15) is 11.6 Å². The monoisotopic (exact) mass is 323 g/mol. The van der Waals surface area contributed by atoms with Crippen LogP contribution in [-0.4, -0.2) is 16.5 Å². The highest BCUT2D eigenvalue weighted by molar-refractivity contribution is 7.98. The molecule has 0 radical (unpaired) electrons. The van der Waals surface area contributed by atoms with Crippen molar-refractivity contribution >= 4 is 29.2 Å². The van der Waals surface area contributed by atoms with E-state index in [1.54, 1.807) is 6.07 Å². The van der Waals surface area contributed by atoms with Gasteiger partial charge in [0.15, 0.2) is 5.82 Å². The standard InChI is InChI=1S/C15H15ClFN3S/c1-2-3-18-15-12-7-21-8-13(12)19-14(20-15)9-4-10(16)6-11(17)5-9/h4-6H,2-3,7-8H2,1H3,(H,18,19,20). The predicted octanol–water partition coefficient (Wildman–Crippen LogP) is 4.50. The summed E-state index contributed by atoms with van der Waals surface area (Å²) in [5.74, 6) is 2.80. The zero-order chi connectivity index (χ0) is 14.8. The summed E-state index contributed by atoms with van der Waals surface area (Å²) >= 11 is 7.74. The van der Waals surface area contributed by atoms with Gasteiger partial charge in [0.2, 0.25) is 0 Å². The summed E-state index contributed by atoms with van der Waals surface area (Å²) in [7, 11) is 0. The number of aromatic nitrogens is 2. The van der Waals surface area contributed by atoms with Gasteiger partial charge in [-0.1, -0.05) is 18.5 Å². The number of anilines is 1. The highest BCUT2D eigenvalue weighted by atomic mass is 35.5. The molecule has 1 aromatic heterocycles. The molecule has 2 heterocycles. The lowest BCUT2D eigenvalue weighted by atomic mass is 10.1. The van der Waals surface area contributed by atoms with Gasteiger partial charge in [-0.05, 0) is 24.6 Å². The molecule has 2 aromatic rings. The Balaban J connectivity index is 2.06. The minimum atomic E-state index is -0.376. The number of benzene rings is 1. The van der Waals surface area contributed by atoms with Crippen molar-refractivity contribution in [1.29, 1.82) is 0 Å². The summed E-state index contributed by atoms with van der Waals surface area (Å²) in [5, 5.41) is 3.70. The first-order chi connectivity index (χ1) is 10.2. The van der Waals surface area contributed by atoms with E-state index in [4.69, 9.17) is 11.6 Å². The molecule has 1 N–H and O–H groups in total. The van der Waals surface area contributed by atoms with Crippen molar-refractivity contribution in [3.8, 4) is 11.4 Å².